The van der Waals surface area contributed by atoms with Gasteiger partial charge in [-0.25, -0.2) is 14.8 Å². The fraction of sp³-hybridized carbons (Fsp3) is 0.250. The molecule has 2 aromatic carbocycles. The predicted molar refractivity (Wildman–Crippen MR) is 153 cm³/mol. The molecule has 0 saturated carbocycles. The second-order valence-corrected chi connectivity index (χ2v) is 11.0. The Balaban J connectivity index is 1.27. The number of carbonyl (C=O) groups is 1. The molecular formula is C28H26ClN7O3S. The van der Waals surface area contributed by atoms with Gasteiger partial charge in [-0.1, -0.05) is 53.7 Å². The van der Waals surface area contributed by atoms with Crippen molar-refractivity contribution in [3.8, 4) is 17.0 Å². The molecule has 4 N–H and O–H groups in total. The van der Waals surface area contributed by atoms with E-state index in [4.69, 9.17) is 32.5 Å². The molecule has 0 bridgehead atoms. The molecule has 4 aromatic rings. The number of anilines is 2. The Bertz CT molecular complexity index is 1580. The molecule has 2 aliphatic rings. The van der Waals surface area contributed by atoms with Crippen LogP contribution < -0.4 is 21.1 Å². The first kappa shape index (κ1) is 26.3. The third kappa shape index (κ3) is 4.59. The highest BCUT2D eigenvalue weighted by Crippen LogP contribution is 2.47. The first-order valence-electron chi connectivity index (χ1n) is 12.7. The van der Waals surface area contributed by atoms with Crippen LogP contribution in [0.3, 0.4) is 0 Å². The van der Waals surface area contributed by atoms with Gasteiger partial charge in [0.1, 0.15) is 16.4 Å². The minimum atomic E-state index is -0.606. The molecule has 2 aromatic heterocycles. The minimum absolute atomic E-state index is 0.0799. The molecule has 0 aliphatic carbocycles. The monoisotopic (exact) mass is 575 g/mol. The number of fused-ring (bicyclic) bond motifs is 1. The van der Waals surface area contributed by atoms with Crippen molar-refractivity contribution in [1.82, 2.24) is 19.9 Å². The lowest BCUT2D eigenvalue weighted by Crippen LogP contribution is -2.52. The Morgan fingerprint density at radius 2 is 1.95 bits per heavy atom. The molecule has 2 aliphatic heterocycles. The average Bonchev–Trinajstić information content (AvgIpc) is 3.26. The van der Waals surface area contributed by atoms with Gasteiger partial charge in [-0.05, 0) is 12.1 Å². The lowest BCUT2D eigenvalue weighted by Gasteiger charge is -2.41. The second kappa shape index (κ2) is 10.6. The lowest BCUT2D eigenvalue weighted by molar-refractivity contribution is 0.0429. The summed E-state index contributed by atoms with van der Waals surface area (Å²) in [4.78, 5) is 33.2. The largest absolute Gasteiger partial charge is 0.485 e. The van der Waals surface area contributed by atoms with Crippen molar-refractivity contribution in [3.63, 3.8) is 0 Å². The molecule has 0 radical (unpaired) electrons. The number of esters is 1. The number of rotatable bonds is 5. The molecule has 204 valence electrons. The van der Waals surface area contributed by atoms with Gasteiger partial charge in [0.05, 0.1) is 30.1 Å². The van der Waals surface area contributed by atoms with Crippen LogP contribution in [0.1, 0.15) is 34.9 Å². The van der Waals surface area contributed by atoms with Crippen LogP contribution in [0.15, 0.2) is 71.0 Å². The number of halogens is 1. The summed E-state index contributed by atoms with van der Waals surface area (Å²) in [6.45, 7) is 1.11. The molecule has 1 atom stereocenters. The average molecular weight is 576 g/mol. The number of nitrogens with zero attached hydrogens (tertiary/aromatic N) is 5. The van der Waals surface area contributed by atoms with Crippen LogP contribution in [0, 0.1) is 0 Å². The van der Waals surface area contributed by atoms with Crippen LogP contribution in [0.25, 0.3) is 11.3 Å². The van der Waals surface area contributed by atoms with Crippen LogP contribution >= 0.6 is 23.4 Å². The molecule has 1 fully saturated rings. The van der Waals surface area contributed by atoms with Crippen LogP contribution in [-0.2, 0) is 4.74 Å². The maximum Gasteiger partial charge on any atom is 0.360 e. The molecular weight excluding hydrogens is 550 g/mol. The van der Waals surface area contributed by atoms with E-state index in [1.165, 1.54) is 18.9 Å². The zero-order valence-corrected chi connectivity index (χ0v) is 23.2. The van der Waals surface area contributed by atoms with Gasteiger partial charge in [0.2, 0.25) is 0 Å². The van der Waals surface area contributed by atoms with Crippen LogP contribution in [0.5, 0.6) is 5.75 Å². The summed E-state index contributed by atoms with van der Waals surface area (Å²) in [5.41, 5.74) is 15.0. The molecule has 0 unspecified atom stereocenters. The zero-order chi connectivity index (χ0) is 27.9. The highest BCUT2D eigenvalue weighted by atomic mass is 35.5. The highest BCUT2D eigenvalue weighted by Gasteiger charge is 2.48. The number of piperidine rings is 1. The fourth-order valence-electron chi connectivity index (χ4n) is 5.19. The Morgan fingerprint density at radius 1 is 1.15 bits per heavy atom. The first-order valence-corrected chi connectivity index (χ1v) is 13.9. The Labute approximate surface area is 240 Å². The van der Waals surface area contributed by atoms with E-state index in [0.29, 0.717) is 58.0 Å². The third-order valence-corrected chi connectivity index (χ3v) is 8.87. The van der Waals surface area contributed by atoms with E-state index in [9.17, 15) is 4.79 Å². The van der Waals surface area contributed by atoms with E-state index in [2.05, 4.69) is 19.9 Å². The van der Waals surface area contributed by atoms with Gasteiger partial charge in [-0.3, -0.25) is 9.97 Å². The normalized spacial score (nSPS) is 17.4. The van der Waals surface area contributed by atoms with E-state index in [1.54, 1.807) is 18.6 Å². The number of nitrogens with two attached hydrogens (primary N) is 2. The molecule has 4 heterocycles. The van der Waals surface area contributed by atoms with Gasteiger partial charge in [0, 0.05) is 54.3 Å². The molecule has 40 heavy (non-hydrogen) atoms. The molecule has 1 saturated heterocycles. The number of hydrogen-bond acceptors (Lipinski definition) is 11. The van der Waals surface area contributed by atoms with Crippen molar-refractivity contribution in [1.29, 1.82) is 0 Å². The molecule has 10 nitrogen and oxygen atoms in total. The quantitative estimate of drug-likeness (QED) is 0.324. The number of benzene rings is 2. The van der Waals surface area contributed by atoms with Gasteiger partial charge in [0.15, 0.2) is 17.3 Å². The predicted octanol–water partition coefficient (Wildman–Crippen LogP) is 4.54. The summed E-state index contributed by atoms with van der Waals surface area (Å²) in [6, 6.07) is 13.2. The Hall–Kier alpha value is -3.93. The molecule has 6 rings (SSSR count). The van der Waals surface area contributed by atoms with E-state index in [0.717, 1.165) is 11.3 Å². The summed E-state index contributed by atoms with van der Waals surface area (Å²) >= 11 is 7.95. The number of hydrogen-bond donors (Lipinski definition) is 2. The first-order chi connectivity index (χ1) is 19.4. The summed E-state index contributed by atoms with van der Waals surface area (Å²) in [7, 11) is 1.31. The lowest BCUT2D eigenvalue weighted by atomic mass is 9.83. The maximum absolute atomic E-state index is 12.9. The van der Waals surface area contributed by atoms with Crippen molar-refractivity contribution < 1.29 is 14.3 Å². The van der Waals surface area contributed by atoms with E-state index in [1.807, 2.05) is 47.4 Å². The van der Waals surface area contributed by atoms with Gasteiger partial charge in [-0.2, -0.15) is 0 Å². The number of ether oxygens (including phenoxy) is 2. The molecule has 0 amide bonds. The summed E-state index contributed by atoms with van der Waals surface area (Å²) < 4.78 is 11.4. The molecule has 1 spiro atoms. The minimum Gasteiger partial charge on any atom is -0.485 e. The van der Waals surface area contributed by atoms with Gasteiger partial charge in [-0.15, -0.1) is 0 Å². The number of nitrogen functional groups attached to an aromatic ring is 1. The fourth-order valence-corrected chi connectivity index (χ4v) is 6.37. The van der Waals surface area contributed by atoms with Crippen LogP contribution in [0.2, 0.25) is 5.02 Å². The number of para-hydroxylation sites is 1. The topological polar surface area (TPSA) is 142 Å². The summed E-state index contributed by atoms with van der Waals surface area (Å²) in [6.07, 6.45) is 6.13. The summed E-state index contributed by atoms with van der Waals surface area (Å²) in [5, 5.41) is 0.806. The zero-order valence-electron chi connectivity index (χ0n) is 21.6. The summed E-state index contributed by atoms with van der Waals surface area (Å²) in [5.74, 6) is 0.763. The number of methoxy groups -OCH3 is 1. The van der Waals surface area contributed by atoms with Crippen molar-refractivity contribution in [3.05, 3.63) is 77.3 Å². The number of aromatic nitrogens is 4. The van der Waals surface area contributed by atoms with Gasteiger partial charge < -0.3 is 25.8 Å². The highest BCUT2D eigenvalue weighted by molar-refractivity contribution is 7.99. The van der Waals surface area contributed by atoms with Gasteiger partial charge in [0.25, 0.3) is 0 Å². The number of carbonyl (C=O) groups excluding carboxylic acids is 1. The van der Waals surface area contributed by atoms with Crippen molar-refractivity contribution in [2.75, 3.05) is 30.8 Å². The van der Waals surface area contributed by atoms with Crippen molar-refractivity contribution in [2.24, 2.45) is 5.73 Å². The van der Waals surface area contributed by atoms with Crippen molar-refractivity contribution in [2.45, 2.75) is 34.4 Å². The third-order valence-electron chi connectivity index (χ3n) is 7.30. The Kier molecular flexibility index (Phi) is 6.95. The molecule has 12 heteroatoms. The van der Waals surface area contributed by atoms with Crippen LogP contribution in [0.4, 0.5) is 11.6 Å². The second-order valence-electron chi connectivity index (χ2n) is 9.56. The van der Waals surface area contributed by atoms with Crippen molar-refractivity contribution >= 4 is 41.0 Å². The van der Waals surface area contributed by atoms with E-state index >= 15 is 0 Å². The van der Waals surface area contributed by atoms with Gasteiger partial charge >= 0.3 is 5.97 Å². The maximum atomic E-state index is 12.9. The standard InChI is InChI=1S/C28H26ClN7O3S/c1-38-27(37)22-25(36-13-9-28(10-14-36)23(30)17-5-2-3-7-19(17)39-28)35-24(31)26(34-22)40-20-8-4-6-16(21(20)29)18-15-32-11-12-33-18/h2-8,11-12,15,23H,9-10,13-14,30H2,1H3,(H2,31,35)/t23-/m1/s1. The smallest absolute Gasteiger partial charge is 0.360 e. The SMILES string of the molecule is COC(=O)c1nc(Sc2cccc(-c3cnccn3)c2Cl)c(N)nc1N1CCC2(CC1)Oc1ccccc1[C@H]2N. The van der Waals surface area contributed by atoms with Crippen LogP contribution in [-0.4, -0.2) is 51.7 Å². The van der Waals surface area contributed by atoms with E-state index < -0.39 is 11.6 Å². The van der Waals surface area contributed by atoms with E-state index in [-0.39, 0.29) is 17.6 Å². The Morgan fingerprint density at radius 3 is 2.67 bits per heavy atom.